The summed E-state index contributed by atoms with van der Waals surface area (Å²) >= 11 is 0. The van der Waals surface area contributed by atoms with Crippen molar-refractivity contribution in [3.8, 4) is 17.2 Å². The Morgan fingerprint density at radius 1 is 1.13 bits per heavy atom. The molecular formula is C22H17N3O5. The number of ether oxygens (including phenoxy) is 1. The molecule has 0 spiro atoms. The van der Waals surface area contributed by atoms with E-state index in [4.69, 9.17) is 9.15 Å². The number of hydrogen-bond donors (Lipinski definition) is 1. The maximum Gasteiger partial charge on any atom is 0.282 e. The molecule has 1 heterocycles. The van der Waals surface area contributed by atoms with Gasteiger partial charge in [-0.15, -0.1) is 0 Å². The zero-order chi connectivity index (χ0) is 21.3. The topological polar surface area (TPSA) is 108 Å². The molecule has 1 amide bonds. The van der Waals surface area contributed by atoms with Gasteiger partial charge in [0, 0.05) is 11.6 Å². The number of amides is 1. The quantitative estimate of drug-likeness (QED) is 0.372. The summed E-state index contributed by atoms with van der Waals surface area (Å²) in [6.07, 6.45) is 0. The van der Waals surface area contributed by atoms with Crippen LogP contribution in [-0.4, -0.2) is 22.9 Å². The fraction of sp³-hybridized carbons (Fsp3) is 0.0909. The summed E-state index contributed by atoms with van der Waals surface area (Å²) in [6.45, 7) is 1.97. The Morgan fingerprint density at radius 3 is 2.70 bits per heavy atom. The second-order valence-corrected chi connectivity index (χ2v) is 6.63. The zero-order valence-electron chi connectivity index (χ0n) is 16.2. The van der Waals surface area contributed by atoms with Gasteiger partial charge in [0.05, 0.1) is 17.7 Å². The third-order valence-corrected chi connectivity index (χ3v) is 4.58. The van der Waals surface area contributed by atoms with Crippen molar-refractivity contribution in [1.29, 1.82) is 0 Å². The first-order valence-corrected chi connectivity index (χ1v) is 9.06. The van der Waals surface area contributed by atoms with Gasteiger partial charge in [-0.3, -0.25) is 14.9 Å². The SMILES string of the molecule is COc1ccc(-c2nc3cc(C)ccc3o2)cc1NC(=O)c1ccccc1[N+](=O)[O-]. The van der Waals surface area contributed by atoms with Gasteiger partial charge in [0.25, 0.3) is 11.6 Å². The van der Waals surface area contributed by atoms with Gasteiger partial charge in [0.1, 0.15) is 16.8 Å². The highest BCUT2D eigenvalue weighted by Crippen LogP contribution is 2.33. The summed E-state index contributed by atoms with van der Waals surface area (Å²) < 4.78 is 11.1. The molecule has 4 aromatic rings. The first-order valence-electron chi connectivity index (χ1n) is 9.06. The highest BCUT2D eigenvalue weighted by atomic mass is 16.6. The highest BCUT2D eigenvalue weighted by molar-refractivity contribution is 6.08. The van der Waals surface area contributed by atoms with Crippen LogP contribution in [0.5, 0.6) is 5.75 Å². The maximum absolute atomic E-state index is 12.7. The number of carbonyl (C=O) groups excluding carboxylic acids is 1. The molecule has 0 bridgehead atoms. The van der Waals surface area contributed by atoms with Crippen molar-refractivity contribution in [2.75, 3.05) is 12.4 Å². The summed E-state index contributed by atoms with van der Waals surface area (Å²) in [5, 5.41) is 13.9. The molecule has 0 aliphatic heterocycles. The summed E-state index contributed by atoms with van der Waals surface area (Å²) in [6, 6.07) is 16.5. The number of aromatic nitrogens is 1. The van der Waals surface area contributed by atoms with Gasteiger partial charge in [0.2, 0.25) is 5.89 Å². The molecule has 8 heteroatoms. The number of methoxy groups -OCH3 is 1. The number of aryl methyl sites for hydroxylation is 1. The minimum absolute atomic E-state index is 0.0488. The smallest absolute Gasteiger partial charge is 0.282 e. The van der Waals surface area contributed by atoms with Gasteiger partial charge in [0.15, 0.2) is 5.58 Å². The van der Waals surface area contributed by atoms with Gasteiger partial charge in [-0.05, 0) is 48.9 Å². The van der Waals surface area contributed by atoms with Crippen molar-refractivity contribution in [2.45, 2.75) is 6.92 Å². The third-order valence-electron chi connectivity index (χ3n) is 4.58. The minimum atomic E-state index is -0.620. The molecule has 3 aromatic carbocycles. The van der Waals surface area contributed by atoms with Gasteiger partial charge >= 0.3 is 0 Å². The van der Waals surface area contributed by atoms with Crippen LogP contribution < -0.4 is 10.1 Å². The summed E-state index contributed by atoms with van der Waals surface area (Å²) in [4.78, 5) is 27.9. The molecule has 30 heavy (non-hydrogen) atoms. The molecule has 0 fully saturated rings. The number of nitro groups is 1. The van der Waals surface area contributed by atoms with Gasteiger partial charge in [-0.2, -0.15) is 0 Å². The number of para-hydroxylation sites is 1. The molecule has 8 nitrogen and oxygen atoms in total. The maximum atomic E-state index is 12.7. The van der Waals surface area contributed by atoms with E-state index >= 15 is 0 Å². The van der Waals surface area contributed by atoms with Crippen LogP contribution in [0.2, 0.25) is 0 Å². The second-order valence-electron chi connectivity index (χ2n) is 6.63. The predicted molar refractivity (Wildman–Crippen MR) is 112 cm³/mol. The first kappa shape index (κ1) is 19.1. The molecule has 0 unspecified atom stereocenters. The van der Waals surface area contributed by atoms with E-state index in [0.717, 1.165) is 11.1 Å². The molecule has 1 aromatic heterocycles. The number of nitrogens with zero attached hydrogens (tertiary/aromatic N) is 2. The fourth-order valence-electron chi connectivity index (χ4n) is 3.11. The van der Waals surface area contributed by atoms with E-state index in [9.17, 15) is 14.9 Å². The molecule has 0 saturated heterocycles. The number of carbonyl (C=O) groups is 1. The van der Waals surface area contributed by atoms with Crippen LogP contribution in [0, 0.1) is 17.0 Å². The number of rotatable bonds is 5. The van der Waals surface area contributed by atoms with Crippen LogP contribution in [0.4, 0.5) is 11.4 Å². The summed E-state index contributed by atoms with van der Waals surface area (Å²) in [5.41, 5.74) is 3.09. The summed E-state index contributed by atoms with van der Waals surface area (Å²) in [7, 11) is 1.47. The van der Waals surface area contributed by atoms with Crippen LogP contribution in [0.15, 0.2) is 65.1 Å². The normalized spacial score (nSPS) is 10.7. The molecule has 150 valence electrons. The van der Waals surface area contributed by atoms with Gasteiger partial charge in [-0.25, -0.2) is 4.98 Å². The Morgan fingerprint density at radius 2 is 1.93 bits per heavy atom. The Bertz CT molecular complexity index is 1280. The number of fused-ring (bicyclic) bond motifs is 1. The van der Waals surface area contributed by atoms with Crippen molar-refractivity contribution < 1.29 is 18.9 Å². The van der Waals surface area contributed by atoms with E-state index in [2.05, 4.69) is 10.3 Å². The lowest BCUT2D eigenvalue weighted by molar-refractivity contribution is -0.385. The number of benzene rings is 3. The molecule has 0 aliphatic carbocycles. The van der Waals surface area contributed by atoms with E-state index in [1.165, 1.54) is 25.3 Å². The van der Waals surface area contributed by atoms with Crippen LogP contribution >= 0.6 is 0 Å². The van der Waals surface area contributed by atoms with Crippen molar-refractivity contribution in [1.82, 2.24) is 4.98 Å². The average molecular weight is 403 g/mol. The van der Waals surface area contributed by atoms with Crippen LogP contribution in [0.3, 0.4) is 0 Å². The highest BCUT2D eigenvalue weighted by Gasteiger charge is 2.21. The monoisotopic (exact) mass is 403 g/mol. The lowest BCUT2D eigenvalue weighted by Gasteiger charge is -2.11. The van der Waals surface area contributed by atoms with Crippen molar-refractivity contribution in [3.05, 3.63) is 81.9 Å². The zero-order valence-corrected chi connectivity index (χ0v) is 16.2. The van der Waals surface area contributed by atoms with E-state index in [0.29, 0.717) is 28.5 Å². The van der Waals surface area contributed by atoms with Crippen LogP contribution in [0.1, 0.15) is 15.9 Å². The number of anilines is 1. The molecule has 0 atom stereocenters. The van der Waals surface area contributed by atoms with E-state index in [1.807, 2.05) is 25.1 Å². The Balaban J connectivity index is 1.71. The average Bonchev–Trinajstić information content (AvgIpc) is 3.16. The Hall–Kier alpha value is -4.20. The number of nitro benzene ring substituents is 1. The van der Waals surface area contributed by atoms with Gasteiger partial charge < -0.3 is 14.5 Å². The Labute approximate surface area is 171 Å². The predicted octanol–water partition coefficient (Wildman–Crippen LogP) is 4.97. The van der Waals surface area contributed by atoms with E-state index in [1.54, 1.807) is 24.3 Å². The third kappa shape index (κ3) is 3.58. The van der Waals surface area contributed by atoms with E-state index in [-0.39, 0.29) is 11.3 Å². The molecule has 4 rings (SSSR count). The molecule has 0 aliphatic rings. The largest absolute Gasteiger partial charge is 0.495 e. The molecule has 0 radical (unpaired) electrons. The lowest BCUT2D eigenvalue weighted by atomic mass is 10.1. The van der Waals surface area contributed by atoms with Crippen LogP contribution in [0.25, 0.3) is 22.6 Å². The first-order chi connectivity index (χ1) is 14.5. The molecule has 0 saturated carbocycles. The van der Waals surface area contributed by atoms with Gasteiger partial charge in [-0.1, -0.05) is 18.2 Å². The number of nitrogens with one attached hydrogen (secondary N) is 1. The fourth-order valence-corrected chi connectivity index (χ4v) is 3.11. The van der Waals surface area contributed by atoms with Crippen molar-refractivity contribution >= 4 is 28.4 Å². The Kier molecular flexibility index (Phi) is 4.89. The van der Waals surface area contributed by atoms with E-state index < -0.39 is 10.8 Å². The number of hydrogen-bond acceptors (Lipinski definition) is 6. The minimum Gasteiger partial charge on any atom is -0.495 e. The van der Waals surface area contributed by atoms with Crippen LogP contribution in [-0.2, 0) is 0 Å². The van der Waals surface area contributed by atoms with Crippen molar-refractivity contribution in [2.24, 2.45) is 0 Å². The molecular weight excluding hydrogens is 386 g/mol. The summed E-state index contributed by atoms with van der Waals surface area (Å²) in [5.74, 6) is 0.169. The number of oxazole rings is 1. The van der Waals surface area contributed by atoms with Crippen molar-refractivity contribution in [3.63, 3.8) is 0 Å². The second kappa shape index (κ2) is 7.67. The standard InChI is InChI=1S/C22H17N3O5/c1-13-7-9-20-16(11-13)24-22(30-20)14-8-10-19(29-2)17(12-14)23-21(26)15-5-3-4-6-18(15)25(27)28/h3-12H,1-2H3,(H,23,26). The lowest BCUT2D eigenvalue weighted by Crippen LogP contribution is -2.14. The molecule has 1 N–H and O–H groups in total.